The molecule has 3 saturated carbocycles. The molecule has 0 unspecified atom stereocenters. The molecule has 1 aromatic heterocycles. The van der Waals surface area contributed by atoms with Gasteiger partial charge < -0.3 is 30.7 Å². The second-order valence-electron chi connectivity index (χ2n) is 16.6. The number of nitrogens with two attached hydrogens (primary N) is 1. The molecule has 57 heavy (non-hydrogen) atoms. The highest BCUT2D eigenvalue weighted by Crippen LogP contribution is 2.67. The Kier molecular flexibility index (Phi) is 11.3. The maximum absolute atomic E-state index is 13.6. The second-order valence-corrected chi connectivity index (χ2v) is 16.6. The topological polar surface area (TPSA) is 195 Å². The van der Waals surface area contributed by atoms with Crippen LogP contribution in [0.1, 0.15) is 75.8 Å². The van der Waals surface area contributed by atoms with E-state index in [0.29, 0.717) is 18.5 Å². The highest BCUT2D eigenvalue weighted by atomic mass is 16.5. The number of aliphatic hydroxyl groups is 2. The number of aromatic nitrogens is 1. The lowest BCUT2D eigenvalue weighted by atomic mass is 9.46. The van der Waals surface area contributed by atoms with Crippen LogP contribution in [-0.4, -0.2) is 76.1 Å². The van der Waals surface area contributed by atoms with Crippen molar-refractivity contribution in [3.63, 3.8) is 0 Å². The number of carbonyl (C=O) groups excluding carboxylic acids is 5. The lowest BCUT2D eigenvalue weighted by Gasteiger charge is -2.59. The number of allylic oxidation sites excluding steroid dienone is 4. The standard InChI is InChI=1S/C45H51N3O9/c1-43-17-13-33(49)22-31(43)8-10-34-36-14-18-45(55,44(36,2)23-37(50)41(34)43)38(51)26-57-40(53)12-11-39(52)56-20-16-27-3-5-28(6-4-27)35(24-46)42(54)48-32-9-7-30-25-47-19-15-29(30)21-32/h3-7,9,13,15,17,19,21-22,25,34-37,41,50,55H,8,10-12,14,16,18,20,23-24,26,46H2,1-2H3,(H,48,54)/t34-,35+,36-,37-,41+,43-,44-,45-/m0/s1. The number of esters is 2. The van der Waals surface area contributed by atoms with E-state index in [1.54, 1.807) is 24.5 Å². The van der Waals surface area contributed by atoms with Gasteiger partial charge in [-0.05, 0) is 90.8 Å². The molecule has 8 atom stereocenters. The Morgan fingerprint density at radius 3 is 2.51 bits per heavy atom. The molecule has 0 aliphatic heterocycles. The number of rotatable bonds is 13. The zero-order valence-electron chi connectivity index (χ0n) is 32.4. The van der Waals surface area contributed by atoms with Gasteiger partial charge in [-0.1, -0.05) is 55.8 Å². The number of amides is 1. The molecular weight excluding hydrogens is 727 g/mol. The third-order valence-corrected chi connectivity index (χ3v) is 13.5. The summed E-state index contributed by atoms with van der Waals surface area (Å²) >= 11 is 0. The molecule has 12 nitrogen and oxygen atoms in total. The number of benzene rings is 2. The maximum atomic E-state index is 13.6. The van der Waals surface area contributed by atoms with Crippen LogP contribution in [-0.2, 0) is 39.9 Å². The monoisotopic (exact) mass is 777 g/mol. The van der Waals surface area contributed by atoms with E-state index in [1.165, 1.54) is 0 Å². The van der Waals surface area contributed by atoms with Crippen molar-refractivity contribution in [3.8, 4) is 0 Å². The number of hydrogen-bond donors (Lipinski definition) is 4. The van der Waals surface area contributed by atoms with Crippen LogP contribution in [0, 0.1) is 28.6 Å². The van der Waals surface area contributed by atoms with E-state index in [9.17, 15) is 34.2 Å². The third-order valence-electron chi connectivity index (χ3n) is 13.5. The summed E-state index contributed by atoms with van der Waals surface area (Å²) in [7, 11) is 0. The molecule has 0 radical (unpaired) electrons. The summed E-state index contributed by atoms with van der Waals surface area (Å²) in [5.41, 5.74) is 6.17. The lowest BCUT2D eigenvalue weighted by molar-refractivity contribution is -0.181. The number of fused-ring (bicyclic) bond motifs is 6. The summed E-state index contributed by atoms with van der Waals surface area (Å²) in [5, 5.41) is 28.4. The first-order valence-corrected chi connectivity index (χ1v) is 19.9. The van der Waals surface area contributed by atoms with Crippen LogP contribution in [0.3, 0.4) is 0 Å². The van der Waals surface area contributed by atoms with Crippen molar-refractivity contribution in [1.29, 1.82) is 0 Å². The fourth-order valence-corrected chi connectivity index (χ4v) is 10.4. The minimum absolute atomic E-state index is 0.0259. The van der Waals surface area contributed by atoms with Crippen molar-refractivity contribution in [3.05, 3.63) is 95.9 Å². The summed E-state index contributed by atoms with van der Waals surface area (Å²) in [6.07, 6.45) is 10.2. The molecule has 4 aliphatic carbocycles. The molecule has 4 aliphatic rings. The number of hydrogen-bond acceptors (Lipinski definition) is 11. The Labute approximate surface area is 331 Å². The van der Waals surface area contributed by atoms with Gasteiger partial charge in [-0.15, -0.1) is 0 Å². The molecule has 1 heterocycles. The summed E-state index contributed by atoms with van der Waals surface area (Å²) in [4.78, 5) is 67.9. The number of anilines is 1. The van der Waals surface area contributed by atoms with Crippen molar-refractivity contribution in [1.82, 2.24) is 4.98 Å². The largest absolute Gasteiger partial charge is 0.465 e. The van der Waals surface area contributed by atoms with Gasteiger partial charge in [-0.2, -0.15) is 0 Å². The van der Waals surface area contributed by atoms with E-state index in [1.807, 2.05) is 61.5 Å². The van der Waals surface area contributed by atoms with Crippen LogP contribution in [0.2, 0.25) is 0 Å². The number of ketones is 2. The van der Waals surface area contributed by atoms with E-state index < -0.39 is 52.8 Å². The first-order valence-electron chi connectivity index (χ1n) is 19.9. The Hall–Kier alpha value is -5.04. The molecule has 2 aromatic carbocycles. The van der Waals surface area contributed by atoms with Gasteiger partial charge in [-0.25, -0.2) is 0 Å². The molecule has 3 fully saturated rings. The van der Waals surface area contributed by atoms with Crippen molar-refractivity contribution >= 4 is 45.9 Å². The summed E-state index contributed by atoms with van der Waals surface area (Å²) < 4.78 is 10.6. The Morgan fingerprint density at radius 2 is 1.75 bits per heavy atom. The van der Waals surface area contributed by atoms with Crippen molar-refractivity contribution in [2.45, 2.75) is 82.8 Å². The Balaban J connectivity index is 0.842. The summed E-state index contributed by atoms with van der Waals surface area (Å²) in [5.74, 6) is -2.89. The predicted octanol–water partition coefficient (Wildman–Crippen LogP) is 4.90. The van der Waals surface area contributed by atoms with Gasteiger partial charge in [0.2, 0.25) is 11.7 Å². The molecule has 0 bridgehead atoms. The second kappa shape index (κ2) is 16.1. The quantitative estimate of drug-likeness (QED) is 0.172. The minimum Gasteiger partial charge on any atom is -0.465 e. The Bertz CT molecular complexity index is 2130. The third kappa shape index (κ3) is 7.70. The number of pyridine rings is 1. The highest BCUT2D eigenvalue weighted by molar-refractivity contribution is 6.01. The Morgan fingerprint density at radius 1 is 1.00 bits per heavy atom. The zero-order valence-corrected chi connectivity index (χ0v) is 32.4. The van der Waals surface area contributed by atoms with Gasteiger partial charge in [0.1, 0.15) is 5.60 Å². The average molecular weight is 778 g/mol. The van der Waals surface area contributed by atoms with Gasteiger partial charge in [-0.3, -0.25) is 29.0 Å². The fraction of sp³-hybridized carbons (Fsp3) is 0.467. The van der Waals surface area contributed by atoms with Crippen LogP contribution >= 0.6 is 0 Å². The molecule has 7 rings (SSSR count). The number of Topliss-reactive ketones (excluding diaryl/α,β-unsaturated/α-hetero) is 1. The van der Waals surface area contributed by atoms with E-state index in [2.05, 4.69) is 17.2 Å². The van der Waals surface area contributed by atoms with E-state index in [4.69, 9.17) is 15.2 Å². The lowest BCUT2D eigenvalue weighted by Crippen LogP contribution is -2.61. The molecule has 0 spiro atoms. The van der Waals surface area contributed by atoms with E-state index in [-0.39, 0.29) is 68.3 Å². The van der Waals surface area contributed by atoms with Crippen LogP contribution in [0.4, 0.5) is 5.69 Å². The van der Waals surface area contributed by atoms with Crippen LogP contribution in [0.15, 0.2) is 84.7 Å². The van der Waals surface area contributed by atoms with Crippen molar-refractivity contribution in [2.75, 3.05) is 25.1 Å². The number of ether oxygens (including phenoxy) is 2. The molecule has 12 heteroatoms. The summed E-state index contributed by atoms with van der Waals surface area (Å²) in [6, 6.07) is 14.8. The smallest absolute Gasteiger partial charge is 0.306 e. The minimum atomic E-state index is -1.77. The number of carbonyl (C=O) groups is 5. The molecule has 0 saturated heterocycles. The molecular formula is C45H51N3O9. The highest BCUT2D eigenvalue weighted by Gasteiger charge is 2.68. The molecule has 3 aromatic rings. The normalized spacial score (nSPS) is 29.4. The molecule has 1 amide bonds. The predicted molar refractivity (Wildman–Crippen MR) is 211 cm³/mol. The van der Waals surface area contributed by atoms with E-state index >= 15 is 0 Å². The average Bonchev–Trinajstić information content (AvgIpc) is 3.47. The van der Waals surface area contributed by atoms with Gasteiger partial charge in [0.25, 0.3) is 0 Å². The number of nitrogens with one attached hydrogen (secondary N) is 1. The number of nitrogens with zero attached hydrogens (tertiary/aromatic N) is 1. The van der Waals surface area contributed by atoms with E-state index in [0.717, 1.165) is 40.3 Å². The first kappa shape index (κ1) is 40.2. The zero-order chi connectivity index (χ0) is 40.5. The maximum Gasteiger partial charge on any atom is 0.306 e. The molecule has 300 valence electrons. The number of aliphatic hydroxyl groups excluding tert-OH is 1. The van der Waals surface area contributed by atoms with Gasteiger partial charge in [0.15, 0.2) is 12.4 Å². The summed E-state index contributed by atoms with van der Waals surface area (Å²) in [6.45, 7) is 3.50. The van der Waals surface area contributed by atoms with Crippen LogP contribution in [0.5, 0.6) is 0 Å². The van der Waals surface area contributed by atoms with Crippen molar-refractivity contribution in [2.24, 2.45) is 34.3 Å². The first-order chi connectivity index (χ1) is 27.3. The van der Waals surface area contributed by atoms with Gasteiger partial charge >= 0.3 is 11.9 Å². The SMILES string of the molecule is C[C@]12C=CC(=O)C=C1CC[C@@H]1[C@@H]2[C@@H](O)C[C@@]2(C)[C@H]1CC[C@]2(O)C(=O)COC(=O)CCC(=O)OCCc1ccc([C@@H](CN)C(=O)Nc2ccc3cnccc3c2)cc1. The van der Waals surface area contributed by atoms with Gasteiger partial charge in [0.05, 0.1) is 31.5 Å². The van der Waals surface area contributed by atoms with Crippen LogP contribution < -0.4 is 11.1 Å². The van der Waals surface area contributed by atoms with Gasteiger partial charge in [0, 0.05) is 53.2 Å². The van der Waals surface area contributed by atoms with Crippen molar-refractivity contribution < 1.29 is 43.7 Å². The van der Waals surface area contributed by atoms with Crippen LogP contribution in [0.25, 0.3) is 10.8 Å². The molecule has 5 N–H and O–H groups in total. The fourth-order valence-electron chi connectivity index (χ4n) is 10.4.